The van der Waals surface area contributed by atoms with E-state index in [0.29, 0.717) is 11.1 Å². The monoisotopic (exact) mass is 267 g/mol. The quantitative estimate of drug-likeness (QED) is 0.516. The summed E-state index contributed by atoms with van der Waals surface area (Å²) < 4.78 is 5.42. The molecular weight excluding hydrogens is 254 g/mol. The highest BCUT2D eigenvalue weighted by Crippen LogP contribution is 2.39. The Morgan fingerprint density at radius 3 is 2.55 bits per heavy atom. The zero-order valence-electron chi connectivity index (χ0n) is 11.0. The second-order valence-electron chi connectivity index (χ2n) is 4.59. The lowest BCUT2D eigenvalue weighted by Crippen LogP contribution is -1.88. The van der Waals surface area contributed by atoms with Crippen molar-refractivity contribution in [2.75, 3.05) is 0 Å². The number of nitrogens with zero attached hydrogens (tertiary/aromatic N) is 1. The Kier molecular flexibility index (Phi) is 2.99. The number of hydrogen-bond acceptors (Lipinski definition) is 3. The van der Waals surface area contributed by atoms with Crippen LogP contribution < -0.4 is 0 Å². The van der Waals surface area contributed by atoms with E-state index in [1.807, 2.05) is 42.5 Å². The average Bonchev–Trinajstić information content (AvgIpc) is 2.86. The van der Waals surface area contributed by atoms with Crippen LogP contribution in [0.4, 0.5) is 5.88 Å². The van der Waals surface area contributed by atoms with Crippen molar-refractivity contribution in [2.45, 2.75) is 13.3 Å². The fourth-order valence-electron chi connectivity index (χ4n) is 2.36. The average molecular weight is 267 g/mol. The fraction of sp³-hybridized carbons (Fsp3) is 0.125. The molecule has 0 radical (unpaired) electrons. The molecule has 2 aromatic carbocycles. The SMILES string of the molecule is CCc1ccc2oc([N+](=O)[O-])c(-c3ccccc3)c2c1. The van der Waals surface area contributed by atoms with Crippen molar-refractivity contribution in [3.8, 4) is 11.1 Å². The first-order valence-electron chi connectivity index (χ1n) is 6.46. The molecule has 0 bridgehead atoms. The molecule has 0 aliphatic carbocycles. The molecule has 0 saturated heterocycles. The highest BCUT2D eigenvalue weighted by molar-refractivity contribution is 5.98. The van der Waals surface area contributed by atoms with Crippen LogP contribution in [0.25, 0.3) is 22.1 Å². The molecule has 0 aliphatic rings. The van der Waals surface area contributed by atoms with Crippen molar-refractivity contribution < 1.29 is 9.34 Å². The van der Waals surface area contributed by atoms with E-state index < -0.39 is 4.92 Å². The Balaban J connectivity index is 2.36. The van der Waals surface area contributed by atoms with Gasteiger partial charge >= 0.3 is 5.88 Å². The van der Waals surface area contributed by atoms with Gasteiger partial charge < -0.3 is 4.42 Å². The normalized spacial score (nSPS) is 10.8. The lowest BCUT2D eigenvalue weighted by atomic mass is 10.0. The first-order chi connectivity index (χ1) is 9.70. The van der Waals surface area contributed by atoms with E-state index in [4.69, 9.17) is 4.42 Å². The topological polar surface area (TPSA) is 56.3 Å². The van der Waals surface area contributed by atoms with Crippen LogP contribution in [0.15, 0.2) is 52.9 Å². The summed E-state index contributed by atoms with van der Waals surface area (Å²) in [5, 5.41) is 12.0. The van der Waals surface area contributed by atoms with Gasteiger partial charge in [-0.2, -0.15) is 0 Å². The Morgan fingerprint density at radius 2 is 1.90 bits per heavy atom. The summed E-state index contributed by atoms with van der Waals surface area (Å²) in [5.41, 5.74) is 3.03. The molecule has 4 heteroatoms. The summed E-state index contributed by atoms with van der Waals surface area (Å²) in [6.07, 6.45) is 0.878. The van der Waals surface area contributed by atoms with E-state index in [0.717, 1.165) is 22.9 Å². The zero-order chi connectivity index (χ0) is 14.1. The zero-order valence-corrected chi connectivity index (χ0v) is 11.0. The molecule has 1 aromatic heterocycles. The molecule has 4 nitrogen and oxygen atoms in total. The van der Waals surface area contributed by atoms with Gasteiger partial charge in [-0.3, -0.25) is 10.1 Å². The smallest absolute Gasteiger partial charge is 0.400 e. The highest BCUT2D eigenvalue weighted by atomic mass is 16.6. The molecule has 100 valence electrons. The van der Waals surface area contributed by atoms with Crippen LogP contribution in [-0.2, 0) is 6.42 Å². The second-order valence-corrected chi connectivity index (χ2v) is 4.59. The van der Waals surface area contributed by atoms with Crippen LogP contribution >= 0.6 is 0 Å². The van der Waals surface area contributed by atoms with Crippen molar-refractivity contribution in [1.29, 1.82) is 0 Å². The number of fused-ring (bicyclic) bond motifs is 1. The number of furan rings is 1. The molecule has 0 spiro atoms. The minimum Gasteiger partial charge on any atom is -0.400 e. The van der Waals surface area contributed by atoms with Gasteiger partial charge in [0.05, 0.1) is 0 Å². The molecule has 0 atom stereocenters. The summed E-state index contributed by atoms with van der Waals surface area (Å²) in [6, 6.07) is 15.0. The molecular formula is C16H13NO3. The lowest BCUT2D eigenvalue weighted by molar-refractivity contribution is -0.400. The molecule has 0 unspecified atom stereocenters. The molecule has 0 amide bonds. The standard InChI is InChI=1S/C16H13NO3/c1-2-11-8-9-14-13(10-11)15(16(20-14)17(18)19)12-6-4-3-5-7-12/h3-10H,2H2,1H3. The Hall–Kier alpha value is -2.62. The summed E-state index contributed by atoms with van der Waals surface area (Å²) >= 11 is 0. The van der Waals surface area contributed by atoms with Gasteiger partial charge in [0.2, 0.25) is 0 Å². The van der Waals surface area contributed by atoms with Crippen molar-refractivity contribution in [3.05, 3.63) is 64.2 Å². The first kappa shape index (κ1) is 12.4. The third-order valence-electron chi connectivity index (χ3n) is 3.37. The number of aryl methyl sites for hydroxylation is 1. The maximum atomic E-state index is 11.2. The maximum absolute atomic E-state index is 11.2. The van der Waals surface area contributed by atoms with Crippen LogP contribution in [0, 0.1) is 10.1 Å². The van der Waals surface area contributed by atoms with Crippen LogP contribution in [0.3, 0.4) is 0 Å². The van der Waals surface area contributed by atoms with Gasteiger partial charge in [-0.15, -0.1) is 0 Å². The van der Waals surface area contributed by atoms with E-state index in [1.165, 1.54) is 0 Å². The first-order valence-corrected chi connectivity index (χ1v) is 6.46. The summed E-state index contributed by atoms with van der Waals surface area (Å²) in [4.78, 5) is 10.8. The summed E-state index contributed by atoms with van der Waals surface area (Å²) in [6.45, 7) is 2.05. The molecule has 3 rings (SSSR count). The molecule has 0 saturated carbocycles. The third-order valence-corrected chi connectivity index (χ3v) is 3.37. The number of hydrogen-bond donors (Lipinski definition) is 0. The van der Waals surface area contributed by atoms with E-state index in [-0.39, 0.29) is 5.88 Å². The van der Waals surface area contributed by atoms with Crippen LogP contribution in [0.5, 0.6) is 0 Å². The molecule has 20 heavy (non-hydrogen) atoms. The molecule has 1 heterocycles. The number of nitro groups is 1. The predicted octanol–water partition coefficient (Wildman–Crippen LogP) is 4.57. The molecule has 0 fully saturated rings. The largest absolute Gasteiger partial charge is 0.442 e. The van der Waals surface area contributed by atoms with Gasteiger partial charge in [-0.05, 0) is 29.7 Å². The van der Waals surface area contributed by atoms with E-state index >= 15 is 0 Å². The van der Waals surface area contributed by atoms with E-state index in [9.17, 15) is 10.1 Å². The van der Waals surface area contributed by atoms with Crippen molar-refractivity contribution in [1.82, 2.24) is 0 Å². The molecule has 0 aliphatic heterocycles. The highest BCUT2D eigenvalue weighted by Gasteiger charge is 2.25. The lowest BCUT2D eigenvalue weighted by Gasteiger charge is -1.99. The maximum Gasteiger partial charge on any atom is 0.442 e. The van der Waals surface area contributed by atoms with Gasteiger partial charge in [0, 0.05) is 5.39 Å². The molecule has 0 N–H and O–H groups in total. The van der Waals surface area contributed by atoms with Gasteiger partial charge in [0.1, 0.15) is 16.1 Å². The van der Waals surface area contributed by atoms with Crippen LogP contribution in [0.2, 0.25) is 0 Å². The van der Waals surface area contributed by atoms with Gasteiger partial charge in [-0.25, -0.2) is 0 Å². The molecule has 3 aromatic rings. The van der Waals surface area contributed by atoms with E-state index in [2.05, 4.69) is 6.92 Å². The van der Waals surface area contributed by atoms with Crippen LogP contribution in [-0.4, -0.2) is 4.92 Å². The third kappa shape index (κ3) is 1.95. The Morgan fingerprint density at radius 1 is 1.15 bits per heavy atom. The van der Waals surface area contributed by atoms with Crippen molar-refractivity contribution >= 4 is 16.9 Å². The van der Waals surface area contributed by atoms with Crippen molar-refractivity contribution in [3.63, 3.8) is 0 Å². The minimum absolute atomic E-state index is 0.195. The van der Waals surface area contributed by atoms with Crippen LogP contribution in [0.1, 0.15) is 12.5 Å². The summed E-state index contributed by atoms with van der Waals surface area (Å²) in [5.74, 6) is -0.195. The van der Waals surface area contributed by atoms with Gasteiger partial charge in [-0.1, -0.05) is 43.3 Å². The van der Waals surface area contributed by atoms with Crippen molar-refractivity contribution in [2.24, 2.45) is 0 Å². The minimum atomic E-state index is -0.464. The fourth-order valence-corrected chi connectivity index (χ4v) is 2.36. The number of rotatable bonds is 3. The summed E-state index contributed by atoms with van der Waals surface area (Å²) in [7, 11) is 0. The van der Waals surface area contributed by atoms with Gasteiger partial charge in [0.15, 0.2) is 0 Å². The Bertz CT molecular complexity index is 775. The Labute approximate surface area is 115 Å². The predicted molar refractivity (Wildman–Crippen MR) is 77.7 cm³/mol. The number of benzene rings is 2. The van der Waals surface area contributed by atoms with Gasteiger partial charge in [0.25, 0.3) is 0 Å². The van der Waals surface area contributed by atoms with E-state index in [1.54, 1.807) is 6.07 Å². The second kappa shape index (κ2) is 4.81.